The topological polar surface area (TPSA) is 76.0 Å². The molecule has 0 saturated carbocycles. The minimum Gasteiger partial charge on any atom is -0.508 e. The number of phenols is 1. The molecule has 1 heterocycles. The molecule has 1 aliphatic heterocycles. The maximum Gasteiger partial charge on any atom is 0.312 e. The monoisotopic (exact) mass is 330 g/mol. The fourth-order valence-electron chi connectivity index (χ4n) is 3.20. The number of phenolic OH excluding ortho intramolecular Hbond substituents is 1. The highest BCUT2D eigenvalue weighted by atomic mass is 16.5. The summed E-state index contributed by atoms with van der Waals surface area (Å²) in [6.45, 7) is 4.23. The Morgan fingerprint density at radius 3 is 2.71 bits per heavy atom. The number of aliphatic hydroxyl groups is 1. The van der Waals surface area contributed by atoms with Gasteiger partial charge in [0.2, 0.25) is 0 Å². The predicted molar refractivity (Wildman–Crippen MR) is 88.1 cm³/mol. The Morgan fingerprint density at radius 1 is 1.33 bits per heavy atom. The third-order valence-electron chi connectivity index (χ3n) is 4.25. The van der Waals surface area contributed by atoms with Crippen molar-refractivity contribution >= 4 is 5.97 Å². The molecule has 1 aromatic carbocycles. The van der Waals surface area contributed by atoms with Crippen molar-refractivity contribution in [2.45, 2.75) is 44.6 Å². The largest absolute Gasteiger partial charge is 0.508 e. The molecule has 24 heavy (non-hydrogen) atoms. The first kappa shape index (κ1) is 16.6. The van der Waals surface area contributed by atoms with Crippen LogP contribution in [0, 0.1) is 0 Å². The number of hydrogen-bond acceptors (Lipinski definition) is 5. The first-order chi connectivity index (χ1) is 11.4. The highest BCUT2D eigenvalue weighted by Gasteiger charge is 2.40. The smallest absolute Gasteiger partial charge is 0.312 e. The summed E-state index contributed by atoms with van der Waals surface area (Å²) in [5.41, 5.74) is 0.615. The van der Waals surface area contributed by atoms with Gasteiger partial charge in [0.15, 0.2) is 0 Å². The number of fused-ring (bicyclic) bond motifs is 1. The van der Waals surface area contributed by atoms with Crippen LogP contribution in [0.3, 0.4) is 0 Å². The van der Waals surface area contributed by atoms with E-state index in [1.165, 1.54) is 0 Å². The van der Waals surface area contributed by atoms with Crippen molar-refractivity contribution in [2.75, 3.05) is 6.61 Å². The van der Waals surface area contributed by atoms with Crippen LogP contribution in [-0.2, 0) is 14.3 Å². The molecule has 1 saturated heterocycles. The minimum atomic E-state index is -1.11. The molecule has 0 bridgehead atoms. The Balaban J connectivity index is 2.07. The van der Waals surface area contributed by atoms with Crippen LogP contribution < -0.4 is 0 Å². The molecule has 0 aromatic heterocycles. The molecule has 1 unspecified atom stereocenters. The fourth-order valence-corrected chi connectivity index (χ4v) is 3.20. The third-order valence-corrected chi connectivity index (χ3v) is 4.25. The van der Waals surface area contributed by atoms with Gasteiger partial charge in [-0.15, -0.1) is 0 Å². The summed E-state index contributed by atoms with van der Waals surface area (Å²) in [6.07, 6.45) is 2.99. The second-order valence-electron chi connectivity index (χ2n) is 6.55. The molecule has 2 N–H and O–H groups in total. The van der Waals surface area contributed by atoms with Gasteiger partial charge < -0.3 is 19.7 Å². The van der Waals surface area contributed by atoms with Crippen LogP contribution in [0.1, 0.15) is 44.6 Å². The minimum absolute atomic E-state index is 0.177. The second-order valence-corrected chi connectivity index (χ2v) is 6.55. The van der Waals surface area contributed by atoms with Gasteiger partial charge >= 0.3 is 5.97 Å². The standard InChI is InChI=1S/C19H22O5/c1-3-8-23-15-10-19(2,22)11-16-18(15)14(9-17(21)24-16)12-4-6-13(20)7-5-12/h4-7,11,14,20,22H,3,8-10H2,1-2H3/t14-,19?/m1/s1. The first-order valence-corrected chi connectivity index (χ1v) is 8.20. The van der Waals surface area contributed by atoms with Crippen LogP contribution in [0.4, 0.5) is 0 Å². The Kier molecular flexibility index (Phi) is 4.37. The summed E-state index contributed by atoms with van der Waals surface area (Å²) in [6, 6.07) is 6.80. The van der Waals surface area contributed by atoms with Gasteiger partial charge in [0.1, 0.15) is 17.3 Å². The maximum absolute atomic E-state index is 12.0. The highest BCUT2D eigenvalue weighted by Crippen LogP contribution is 2.45. The van der Waals surface area contributed by atoms with Crippen LogP contribution in [0.2, 0.25) is 0 Å². The highest BCUT2D eigenvalue weighted by molar-refractivity contribution is 5.76. The molecule has 0 radical (unpaired) electrons. The molecule has 0 spiro atoms. The molecule has 1 fully saturated rings. The van der Waals surface area contributed by atoms with Gasteiger partial charge in [-0.2, -0.15) is 0 Å². The van der Waals surface area contributed by atoms with Crippen LogP contribution in [0.25, 0.3) is 0 Å². The number of benzene rings is 1. The lowest BCUT2D eigenvalue weighted by Gasteiger charge is -2.36. The zero-order chi connectivity index (χ0) is 17.3. The van der Waals surface area contributed by atoms with Crippen LogP contribution in [0.5, 0.6) is 5.75 Å². The predicted octanol–water partition coefficient (Wildman–Crippen LogP) is 3.14. The van der Waals surface area contributed by atoms with E-state index in [1.54, 1.807) is 37.3 Å². The Bertz CT molecular complexity index is 697. The normalized spacial score (nSPS) is 26.5. The van der Waals surface area contributed by atoms with Crippen molar-refractivity contribution in [2.24, 2.45) is 0 Å². The number of allylic oxidation sites excluding steroid dienone is 1. The lowest BCUT2D eigenvalue weighted by Crippen LogP contribution is -2.33. The molecular formula is C19H22O5. The lowest BCUT2D eigenvalue weighted by atomic mass is 9.79. The number of carbonyl (C=O) groups excluding carboxylic acids is 1. The molecule has 1 aromatic rings. The van der Waals surface area contributed by atoms with E-state index in [4.69, 9.17) is 9.47 Å². The van der Waals surface area contributed by atoms with Gasteiger partial charge in [-0.3, -0.25) is 4.79 Å². The molecule has 128 valence electrons. The van der Waals surface area contributed by atoms with Crippen molar-refractivity contribution in [3.05, 3.63) is 53.0 Å². The van der Waals surface area contributed by atoms with Gasteiger partial charge in [0, 0.05) is 17.9 Å². The summed E-state index contributed by atoms with van der Waals surface area (Å²) < 4.78 is 11.3. The summed E-state index contributed by atoms with van der Waals surface area (Å²) in [4.78, 5) is 12.0. The van der Waals surface area contributed by atoms with E-state index < -0.39 is 5.60 Å². The molecule has 2 atom stereocenters. The average Bonchev–Trinajstić information content (AvgIpc) is 2.51. The number of carbonyl (C=O) groups is 1. The van der Waals surface area contributed by atoms with Crippen molar-refractivity contribution in [3.8, 4) is 5.75 Å². The fraction of sp³-hybridized carbons (Fsp3) is 0.421. The van der Waals surface area contributed by atoms with E-state index in [1.807, 2.05) is 6.92 Å². The molecule has 0 amide bonds. The SMILES string of the molecule is CCCOC1=C2C(=CC(C)(O)C1)OC(=O)C[C@@H]2c1ccc(O)cc1. The summed E-state index contributed by atoms with van der Waals surface area (Å²) in [5.74, 6) is 0.684. The van der Waals surface area contributed by atoms with Gasteiger partial charge in [-0.25, -0.2) is 0 Å². The zero-order valence-corrected chi connectivity index (χ0v) is 13.9. The number of ether oxygens (including phenoxy) is 2. The summed E-state index contributed by atoms with van der Waals surface area (Å²) in [7, 11) is 0. The summed E-state index contributed by atoms with van der Waals surface area (Å²) in [5, 5.41) is 20.0. The Hall–Kier alpha value is -2.27. The number of esters is 1. The summed E-state index contributed by atoms with van der Waals surface area (Å²) >= 11 is 0. The molecule has 5 heteroatoms. The average molecular weight is 330 g/mol. The van der Waals surface area contributed by atoms with Gasteiger partial charge in [0.05, 0.1) is 18.6 Å². The van der Waals surface area contributed by atoms with Gasteiger partial charge in [-0.1, -0.05) is 19.1 Å². The van der Waals surface area contributed by atoms with E-state index in [0.717, 1.165) is 17.6 Å². The third kappa shape index (κ3) is 3.31. The van der Waals surface area contributed by atoms with Gasteiger partial charge in [-0.05, 0) is 37.1 Å². The van der Waals surface area contributed by atoms with E-state index in [0.29, 0.717) is 24.5 Å². The molecule has 1 aliphatic carbocycles. The quantitative estimate of drug-likeness (QED) is 0.830. The van der Waals surface area contributed by atoms with Crippen LogP contribution in [-0.4, -0.2) is 28.4 Å². The number of hydrogen-bond donors (Lipinski definition) is 2. The Morgan fingerprint density at radius 2 is 2.04 bits per heavy atom. The van der Waals surface area contributed by atoms with E-state index in [2.05, 4.69) is 0 Å². The van der Waals surface area contributed by atoms with Gasteiger partial charge in [0.25, 0.3) is 0 Å². The second kappa shape index (κ2) is 6.32. The number of aromatic hydroxyl groups is 1. The van der Waals surface area contributed by atoms with Crippen molar-refractivity contribution < 1.29 is 24.5 Å². The van der Waals surface area contributed by atoms with Crippen LogP contribution in [0.15, 0.2) is 47.4 Å². The van der Waals surface area contributed by atoms with Crippen molar-refractivity contribution in [1.29, 1.82) is 0 Å². The van der Waals surface area contributed by atoms with Crippen LogP contribution >= 0.6 is 0 Å². The molecular weight excluding hydrogens is 308 g/mol. The zero-order valence-electron chi connectivity index (χ0n) is 13.9. The van der Waals surface area contributed by atoms with E-state index >= 15 is 0 Å². The van der Waals surface area contributed by atoms with Crippen molar-refractivity contribution in [3.63, 3.8) is 0 Å². The lowest BCUT2D eigenvalue weighted by molar-refractivity contribution is -0.141. The molecule has 3 rings (SSSR count). The van der Waals surface area contributed by atoms with E-state index in [9.17, 15) is 15.0 Å². The first-order valence-electron chi connectivity index (χ1n) is 8.20. The molecule has 2 aliphatic rings. The van der Waals surface area contributed by atoms with E-state index in [-0.39, 0.29) is 24.1 Å². The van der Waals surface area contributed by atoms with Crippen molar-refractivity contribution in [1.82, 2.24) is 0 Å². The number of rotatable bonds is 4. The maximum atomic E-state index is 12.0. The Labute approximate surface area is 141 Å². The molecule has 5 nitrogen and oxygen atoms in total.